The van der Waals surface area contributed by atoms with Gasteiger partial charge in [-0.3, -0.25) is 14.5 Å². The molecule has 11 heteroatoms. The minimum absolute atomic E-state index is 0.0807. The number of carbonyl (C=O) groups is 3. The summed E-state index contributed by atoms with van der Waals surface area (Å²) >= 11 is 0. The van der Waals surface area contributed by atoms with Gasteiger partial charge < -0.3 is 30.2 Å². The number of piperazine rings is 1. The van der Waals surface area contributed by atoms with Crippen LogP contribution in [0.5, 0.6) is 5.75 Å². The summed E-state index contributed by atoms with van der Waals surface area (Å²) < 4.78 is 6.29. The molecule has 2 saturated heterocycles. The number of primary amides is 1. The molecule has 3 aliphatic heterocycles. The molecule has 0 aliphatic carbocycles. The van der Waals surface area contributed by atoms with Crippen molar-refractivity contribution >= 4 is 28.6 Å². The van der Waals surface area contributed by atoms with Crippen molar-refractivity contribution in [2.24, 2.45) is 23.5 Å². The maximum Gasteiger partial charge on any atom is 0.373 e. The Morgan fingerprint density at radius 3 is 2.42 bits per heavy atom. The molecular weight excluding hydrogens is 514 g/mol. The fraction of sp³-hybridized carbons (Fsp3) is 0.483. The van der Waals surface area contributed by atoms with E-state index in [4.69, 9.17) is 16.4 Å². The number of β-lactam (4-membered cyclic amide) rings is 1. The molecule has 214 valence electrons. The number of ether oxygens (including phenoxy) is 1. The highest BCUT2D eigenvalue weighted by atomic mass is 16.7. The Balaban J connectivity index is 1.30. The van der Waals surface area contributed by atoms with Crippen molar-refractivity contribution in [2.45, 2.75) is 32.4 Å². The molecule has 3 heterocycles. The SMILES string of the molecule is C[C@@H](O)[C@H]1C(=O)N2C(C(=O)ON)=C(COc3cccc4c(CCN5CCN(CC(N)=O)CC5)cccc34)[C@H](C)[C@H]12. The van der Waals surface area contributed by atoms with Crippen LogP contribution in [-0.2, 0) is 25.6 Å². The van der Waals surface area contributed by atoms with E-state index in [1.165, 1.54) is 10.5 Å². The number of benzene rings is 2. The number of nitrogens with zero attached hydrogens (tertiary/aromatic N) is 3. The molecule has 2 aromatic rings. The first kappa shape index (κ1) is 28.0. The van der Waals surface area contributed by atoms with E-state index in [0.717, 1.165) is 49.9 Å². The van der Waals surface area contributed by atoms with Gasteiger partial charge in [-0.05, 0) is 30.4 Å². The van der Waals surface area contributed by atoms with Gasteiger partial charge in [0.15, 0.2) is 0 Å². The molecule has 11 nitrogen and oxygen atoms in total. The van der Waals surface area contributed by atoms with Gasteiger partial charge in [-0.2, -0.15) is 5.90 Å². The fourth-order valence-corrected chi connectivity index (χ4v) is 6.39. The summed E-state index contributed by atoms with van der Waals surface area (Å²) in [5.41, 5.74) is 7.27. The lowest BCUT2D eigenvalue weighted by Crippen LogP contribution is -2.63. The third-order valence-corrected chi connectivity index (χ3v) is 8.51. The van der Waals surface area contributed by atoms with Gasteiger partial charge in [0.1, 0.15) is 18.1 Å². The molecule has 0 bridgehead atoms. The minimum Gasteiger partial charge on any atom is -0.488 e. The Morgan fingerprint density at radius 1 is 1.07 bits per heavy atom. The van der Waals surface area contributed by atoms with Crippen molar-refractivity contribution in [3.63, 3.8) is 0 Å². The van der Waals surface area contributed by atoms with Crippen LogP contribution in [0.2, 0.25) is 0 Å². The second-order valence-corrected chi connectivity index (χ2v) is 10.9. The van der Waals surface area contributed by atoms with Gasteiger partial charge in [0.05, 0.1) is 24.6 Å². The Labute approximate surface area is 233 Å². The van der Waals surface area contributed by atoms with Crippen LogP contribution in [0.3, 0.4) is 0 Å². The molecule has 4 atom stereocenters. The summed E-state index contributed by atoms with van der Waals surface area (Å²) in [5.74, 6) is 3.69. The molecule has 0 aromatic heterocycles. The fourth-order valence-electron chi connectivity index (χ4n) is 6.39. The standard InChI is InChI=1S/C29H37N5O6/c1-17-22(27(29(38)40-31)34-26(17)25(18(2)35)28(34)37)16-39-23-8-4-6-20-19(5-3-7-21(20)23)9-10-32-11-13-33(14-12-32)15-24(30)36/h3-8,17-18,25-26,35H,9-16,31H2,1-2H3,(H2,30,36)/t17-,18+,25+,26+/m0/s1. The van der Waals surface area contributed by atoms with Crippen molar-refractivity contribution in [3.8, 4) is 5.75 Å². The first-order valence-corrected chi connectivity index (χ1v) is 13.7. The molecule has 0 saturated carbocycles. The third-order valence-electron chi connectivity index (χ3n) is 8.51. The maximum absolute atomic E-state index is 12.7. The van der Waals surface area contributed by atoms with E-state index in [9.17, 15) is 19.5 Å². The van der Waals surface area contributed by atoms with Gasteiger partial charge in [0.25, 0.3) is 0 Å². The normalized spacial score (nSPS) is 24.1. The molecule has 2 aromatic carbocycles. The molecule has 2 amide bonds. The Hall–Kier alpha value is -3.51. The summed E-state index contributed by atoms with van der Waals surface area (Å²) in [7, 11) is 0. The molecule has 0 radical (unpaired) electrons. The highest BCUT2D eigenvalue weighted by molar-refractivity contribution is 6.00. The van der Waals surface area contributed by atoms with Gasteiger partial charge in [0.2, 0.25) is 11.8 Å². The largest absolute Gasteiger partial charge is 0.488 e. The maximum atomic E-state index is 12.7. The molecular formula is C29H37N5O6. The van der Waals surface area contributed by atoms with Crippen LogP contribution in [0.1, 0.15) is 19.4 Å². The monoisotopic (exact) mass is 551 g/mol. The summed E-state index contributed by atoms with van der Waals surface area (Å²) in [5, 5.41) is 12.2. The van der Waals surface area contributed by atoms with Crippen molar-refractivity contribution in [3.05, 3.63) is 53.2 Å². The van der Waals surface area contributed by atoms with E-state index in [1.54, 1.807) is 6.92 Å². The number of carbonyl (C=O) groups excluding carboxylic acids is 3. The Bertz CT molecular complexity index is 1340. The average molecular weight is 552 g/mol. The van der Waals surface area contributed by atoms with Crippen LogP contribution in [-0.4, -0.2) is 95.6 Å². The number of amides is 2. The molecule has 0 unspecified atom stereocenters. The molecule has 3 aliphatic rings. The van der Waals surface area contributed by atoms with Crippen molar-refractivity contribution in [1.82, 2.24) is 14.7 Å². The van der Waals surface area contributed by atoms with Crippen LogP contribution in [0.4, 0.5) is 0 Å². The number of nitrogens with two attached hydrogens (primary N) is 2. The van der Waals surface area contributed by atoms with Crippen LogP contribution < -0.4 is 16.4 Å². The van der Waals surface area contributed by atoms with Gasteiger partial charge in [-0.15, -0.1) is 0 Å². The van der Waals surface area contributed by atoms with E-state index < -0.39 is 18.0 Å². The van der Waals surface area contributed by atoms with Crippen LogP contribution in [0, 0.1) is 11.8 Å². The zero-order valence-electron chi connectivity index (χ0n) is 22.9. The van der Waals surface area contributed by atoms with Crippen molar-refractivity contribution in [2.75, 3.05) is 45.9 Å². The van der Waals surface area contributed by atoms with E-state index in [0.29, 0.717) is 17.9 Å². The highest BCUT2D eigenvalue weighted by Gasteiger charge is 2.60. The Kier molecular flexibility index (Phi) is 8.09. The topological polar surface area (TPSA) is 152 Å². The number of aliphatic hydroxyl groups excluding tert-OH is 1. The number of fused-ring (bicyclic) bond motifs is 2. The van der Waals surface area contributed by atoms with Gasteiger partial charge in [-0.25, -0.2) is 4.79 Å². The quantitative estimate of drug-likeness (QED) is 0.281. The lowest BCUT2D eigenvalue weighted by atomic mass is 9.78. The summed E-state index contributed by atoms with van der Waals surface area (Å²) in [6.07, 6.45) is 0.0345. The lowest BCUT2D eigenvalue weighted by Gasteiger charge is -2.46. The van der Waals surface area contributed by atoms with Gasteiger partial charge in [-0.1, -0.05) is 37.3 Å². The lowest BCUT2D eigenvalue weighted by molar-refractivity contribution is -0.164. The minimum atomic E-state index is -0.831. The first-order valence-electron chi connectivity index (χ1n) is 13.7. The van der Waals surface area contributed by atoms with E-state index >= 15 is 0 Å². The van der Waals surface area contributed by atoms with Crippen molar-refractivity contribution in [1.29, 1.82) is 0 Å². The Morgan fingerprint density at radius 2 is 1.75 bits per heavy atom. The smallest absolute Gasteiger partial charge is 0.373 e. The summed E-state index contributed by atoms with van der Waals surface area (Å²) in [6.45, 7) is 8.23. The second kappa shape index (κ2) is 11.5. The zero-order chi connectivity index (χ0) is 28.6. The first-order chi connectivity index (χ1) is 19.2. The van der Waals surface area contributed by atoms with Crippen molar-refractivity contribution < 1.29 is 29.1 Å². The van der Waals surface area contributed by atoms with Gasteiger partial charge >= 0.3 is 5.97 Å². The number of hydrogen-bond acceptors (Lipinski definition) is 9. The highest BCUT2D eigenvalue weighted by Crippen LogP contribution is 2.47. The number of rotatable bonds is 10. The van der Waals surface area contributed by atoms with E-state index in [1.807, 2.05) is 31.2 Å². The molecule has 2 fully saturated rings. The predicted octanol–water partition coefficient (Wildman–Crippen LogP) is 0.393. The molecule has 5 N–H and O–H groups in total. The summed E-state index contributed by atoms with van der Waals surface area (Å²) in [6, 6.07) is 11.7. The van der Waals surface area contributed by atoms with Gasteiger partial charge in [0, 0.05) is 49.6 Å². The van der Waals surface area contributed by atoms with Crippen LogP contribution in [0.15, 0.2) is 47.7 Å². The average Bonchev–Trinajstić information content (AvgIpc) is 3.18. The predicted molar refractivity (Wildman–Crippen MR) is 147 cm³/mol. The van der Waals surface area contributed by atoms with E-state index in [2.05, 4.69) is 26.8 Å². The molecule has 40 heavy (non-hydrogen) atoms. The van der Waals surface area contributed by atoms with Crippen LogP contribution in [0.25, 0.3) is 10.8 Å². The summed E-state index contributed by atoms with van der Waals surface area (Å²) in [4.78, 5) is 46.9. The third kappa shape index (κ3) is 5.17. The van der Waals surface area contributed by atoms with E-state index in [-0.39, 0.29) is 36.1 Å². The number of aliphatic hydroxyl groups is 1. The second-order valence-electron chi connectivity index (χ2n) is 10.9. The number of hydrogen-bond donors (Lipinski definition) is 3. The molecule has 5 rings (SSSR count). The zero-order valence-corrected chi connectivity index (χ0v) is 22.9. The molecule has 0 spiro atoms. The van der Waals surface area contributed by atoms with Crippen LogP contribution >= 0.6 is 0 Å².